The van der Waals surface area contributed by atoms with Crippen molar-refractivity contribution in [3.63, 3.8) is 0 Å². The Morgan fingerprint density at radius 2 is 2.06 bits per heavy atom. The zero-order valence-corrected chi connectivity index (χ0v) is 10.2. The molecule has 0 saturated heterocycles. The average Bonchev–Trinajstić information content (AvgIpc) is 2.33. The molecule has 0 radical (unpaired) electrons. The Hall–Kier alpha value is -1.23. The third-order valence-electron chi connectivity index (χ3n) is 2.42. The topological polar surface area (TPSA) is 29.5 Å². The summed E-state index contributed by atoms with van der Waals surface area (Å²) in [5.41, 5.74) is 0.452. The molecule has 1 aromatic carbocycles. The molecule has 0 saturated carbocycles. The first-order valence-electron chi connectivity index (χ1n) is 5.90. The summed E-state index contributed by atoms with van der Waals surface area (Å²) in [5.74, 6) is 0.570. The molecule has 1 unspecified atom stereocenters. The fourth-order valence-corrected chi connectivity index (χ4v) is 1.50. The Kier molecular flexibility index (Phi) is 5.47. The van der Waals surface area contributed by atoms with E-state index in [9.17, 15) is 18.3 Å². The summed E-state index contributed by atoms with van der Waals surface area (Å²) < 4.78 is 41.5. The molecule has 102 valence electrons. The number of hydrogen-bond acceptors (Lipinski definition) is 2. The monoisotopic (exact) mass is 262 g/mol. The van der Waals surface area contributed by atoms with Crippen LogP contribution in [0.5, 0.6) is 5.75 Å². The molecule has 0 aromatic heterocycles. The summed E-state index contributed by atoms with van der Waals surface area (Å²) in [6.45, 7) is 2.50. The van der Waals surface area contributed by atoms with E-state index in [-0.39, 0.29) is 6.42 Å². The maximum Gasteiger partial charge on any atom is 0.389 e. The number of rotatable bonds is 6. The molecule has 1 rings (SSSR count). The van der Waals surface area contributed by atoms with Crippen LogP contribution in [0, 0.1) is 0 Å². The molecular formula is C13H17F3O2. The van der Waals surface area contributed by atoms with Crippen molar-refractivity contribution in [3.8, 4) is 5.75 Å². The van der Waals surface area contributed by atoms with E-state index < -0.39 is 18.7 Å². The molecule has 0 spiro atoms. The second-order valence-corrected chi connectivity index (χ2v) is 4.09. The van der Waals surface area contributed by atoms with Crippen LogP contribution in [-0.4, -0.2) is 17.9 Å². The van der Waals surface area contributed by atoms with Gasteiger partial charge in [-0.1, -0.05) is 19.1 Å². The van der Waals surface area contributed by atoms with E-state index in [4.69, 9.17) is 4.74 Å². The first-order chi connectivity index (χ1) is 8.42. The van der Waals surface area contributed by atoms with Gasteiger partial charge in [0.25, 0.3) is 0 Å². The van der Waals surface area contributed by atoms with Crippen molar-refractivity contribution < 1.29 is 23.0 Å². The molecule has 1 atom stereocenters. The van der Waals surface area contributed by atoms with E-state index in [1.165, 1.54) is 0 Å². The van der Waals surface area contributed by atoms with Crippen molar-refractivity contribution in [2.24, 2.45) is 0 Å². The predicted octanol–water partition coefficient (Wildman–Crippen LogP) is 3.85. The van der Waals surface area contributed by atoms with Crippen molar-refractivity contribution in [1.82, 2.24) is 0 Å². The maximum atomic E-state index is 12.0. The number of benzene rings is 1. The molecular weight excluding hydrogens is 245 g/mol. The van der Waals surface area contributed by atoms with Gasteiger partial charge in [-0.15, -0.1) is 0 Å². The summed E-state index contributed by atoms with van der Waals surface area (Å²) in [6, 6.07) is 6.56. The minimum Gasteiger partial charge on any atom is -0.494 e. The number of alkyl halides is 3. The van der Waals surface area contributed by atoms with Crippen LogP contribution >= 0.6 is 0 Å². The van der Waals surface area contributed by atoms with Crippen molar-refractivity contribution >= 4 is 0 Å². The first-order valence-corrected chi connectivity index (χ1v) is 5.90. The van der Waals surface area contributed by atoms with Crippen molar-refractivity contribution in [1.29, 1.82) is 0 Å². The van der Waals surface area contributed by atoms with Crippen LogP contribution < -0.4 is 4.74 Å². The summed E-state index contributed by atoms with van der Waals surface area (Å²) in [4.78, 5) is 0. The van der Waals surface area contributed by atoms with Gasteiger partial charge in [0.05, 0.1) is 12.7 Å². The van der Waals surface area contributed by atoms with Crippen LogP contribution in [-0.2, 0) is 0 Å². The van der Waals surface area contributed by atoms with Crippen LogP contribution in [0.4, 0.5) is 13.2 Å². The number of aliphatic hydroxyl groups is 1. The van der Waals surface area contributed by atoms with Crippen molar-refractivity contribution in [2.45, 2.75) is 38.5 Å². The highest BCUT2D eigenvalue weighted by atomic mass is 19.4. The standard InChI is InChI=1S/C13H17F3O2/c1-2-8-18-11-5-3-4-10(9-11)12(17)6-7-13(14,15)16/h3-5,9,12,17H,2,6-8H2,1H3. The van der Waals surface area contributed by atoms with Crippen LogP contribution in [0.25, 0.3) is 0 Å². The van der Waals surface area contributed by atoms with Gasteiger partial charge in [0.1, 0.15) is 5.75 Å². The summed E-state index contributed by atoms with van der Waals surface area (Å²) in [5, 5.41) is 9.68. The minimum atomic E-state index is -4.24. The Bertz CT molecular complexity index is 363. The average molecular weight is 262 g/mol. The van der Waals surface area contributed by atoms with E-state index in [1.807, 2.05) is 6.92 Å². The fraction of sp³-hybridized carbons (Fsp3) is 0.538. The normalized spacial score (nSPS) is 13.4. The molecule has 18 heavy (non-hydrogen) atoms. The van der Waals surface area contributed by atoms with Crippen LogP contribution in [0.2, 0.25) is 0 Å². The van der Waals surface area contributed by atoms with Gasteiger partial charge < -0.3 is 9.84 Å². The van der Waals surface area contributed by atoms with Crippen molar-refractivity contribution in [2.75, 3.05) is 6.61 Å². The number of aliphatic hydroxyl groups excluding tert-OH is 1. The molecule has 0 bridgehead atoms. The van der Waals surface area contributed by atoms with Gasteiger partial charge in [-0.3, -0.25) is 0 Å². The minimum absolute atomic E-state index is 0.333. The van der Waals surface area contributed by atoms with E-state index in [0.717, 1.165) is 6.42 Å². The molecule has 0 aliphatic heterocycles. The van der Waals surface area contributed by atoms with Gasteiger partial charge in [0, 0.05) is 6.42 Å². The highest BCUT2D eigenvalue weighted by Crippen LogP contribution is 2.28. The van der Waals surface area contributed by atoms with Gasteiger partial charge in [0.15, 0.2) is 0 Å². The fourth-order valence-electron chi connectivity index (χ4n) is 1.50. The van der Waals surface area contributed by atoms with Gasteiger partial charge in [-0.2, -0.15) is 13.2 Å². The summed E-state index contributed by atoms with van der Waals surface area (Å²) in [6.07, 6.45) is -5.83. The van der Waals surface area contributed by atoms with Crippen LogP contribution in [0.1, 0.15) is 37.9 Å². The molecule has 0 aliphatic carbocycles. The molecule has 2 nitrogen and oxygen atoms in total. The highest BCUT2D eigenvalue weighted by molar-refractivity contribution is 5.29. The molecule has 0 heterocycles. The SMILES string of the molecule is CCCOc1cccc(C(O)CCC(F)(F)F)c1. The smallest absolute Gasteiger partial charge is 0.389 e. The number of halogens is 3. The molecule has 0 fully saturated rings. The van der Waals surface area contributed by atoms with Crippen LogP contribution in [0.15, 0.2) is 24.3 Å². The third kappa shape index (κ3) is 5.40. The van der Waals surface area contributed by atoms with E-state index in [2.05, 4.69) is 0 Å². The quantitative estimate of drug-likeness (QED) is 0.843. The second kappa shape index (κ2) is 6.64. The summed E-state index contributed by atoms with van der Waals surface area (Å²) >= 11 is 0. The molecule has 0 aliphatic rings. The number of hydrogen-bond donors (Lipinski definition) is 1. The number of ether oxygens (including phenoxy) is 1. The second-order valence-electron chi connectivity index (χ2n) is 4.09. The zero-order valence-electron chi connectivity index (χ0n) is 10.2. The van der Waals surface area contributed by atoms with Gasteiger partial charge >= 0.3 is 6.18 Å². The zero-order chi connectivity index (χ0) is 13.6. The Morgan fingerprint density at radius 1 is 1.33 bits per heavy atom. The van der Waals surface area contributed by atoms with Gasteiger partial charge in [-0.25, -0.2) is 0 Å². The Labute approximate surface area is 104 Å². The van der Waals surface area contributed by atoms with E-state index >= 15 is 0 Å². The molecule has 1 aromatic rings. The lowest BCUT2D eigenvalue weighted by Crippen LogP contribution is -2.10. The first kappa shape index (κ1) is 14.8. The van der Waals surface area contributed by atoms with Crippen molar-refractivity contribution in [3.05, 3.63) is 29.8 Å². The Morgan fingerprint density at radius 3 is 2.67 bits per heavy atom. The van der Waals surface area contributed by atoms with Gasteiger partial charge in [-0.05, 0) is 30.5 Å². The molecule has 5 heteroatoms. The Balaban J connectivity index is 2.59. The molecule has 1 N–H and O–H groups in total. The van der Waals surface area contributed by atoms with Gasteiger partial charge in [0.2, 0.25) is 0 Å². The lowest BCUT2D eigenvalue weighted by Gasteiger charge is -2.14. The molecule has 0 amide bonds. The van der Waals surface area contributed by atoms with E-state index in [1.54, 1.807) is 24.3 Å². The maximum absolute atomic E-state index is 12.0. The lowest BCUT2D eigenvalue weighted by molar-refractivity contribution is -0.140. The van der Waals surface area contributed by atoms with E-state index in [0.29, 0.717) is 17.9 Å². The van der Waals surface area contributed by atoms with Crippen LogP contribution in [0.3, 0.4) is 0 Å². The lowest BCUT2D eigenvalue weighted by atomic mass is 10.0. The highest BCUT2D eigenvalue weighted by Gasteiger charge is 2.28. The third-order valence-corrected chi connectivity index (χ3v) is 2.42. The largest absolute Gasteiger partial charge is 0.494 e. The predicted molar refractivity (Wildman–Crippen MR) is 62.5 cm³/mol. The summed E-state index contributed by atoms with van der Waals surface area (Å²) in [7, 11) is 0.